The van der Waals surface area contributed by atoms with E-state index in [2.05, 4.69) is 4.90 Å². The summed E-state index contributed by atoms with van der Waals surface area (Å²) in [6.07, 6.45) is 2.37. The Bertz CT molecular complexity index is 1160. The van der Waals surface area contributed by atoms with Gasteiger partial charge in [-0.25, -0.2) is 9.37 Å². The Morgan fingerprint density at radius 2 is 1.73 bits per heavy atom. The third kappa shape index (κ3) is 3.68. The maximum absolute atomic E-state index is 13.1. The van der Waals surface area contributed by atoms with E-state index in [9.17, 15) is 9.18 Å². The summed E-state index contributed by atoms with van der Waals surface area (Å²) in [6, 6.07) is 16.6. The minimum absolute atomic E-state index is 0.128. The lowest BCUT2D eigenvalue weighted by Gasteiger charge is -2.36. The highest BCUT2D eigenvalue weighted by atomic mass is 32.1. The number of halogens is 1. The molecule has 0 spiro atoms. The quantitative estimate of drug-likeness (QED) is 0.499. The maximum atomic E-state index is 13.1. The van der Waals surface area contributed by atoms with Gasteiger partial charge in [-0.3, -0.25) is 9.20 Å². The van der Waals surface area contributed by atoms with Crippen molar-refractivity contribution in [2.75, 3.05) is 31.1 Å². The smallest absolute Gasteiger partial charge is 0.228 e. The van der Waals surface area contributed by atoms with Crippen LogP contribution in [-0.2, 0) is 11.2 Å². The molecule has 4 aromatic rings. The highest BCUT2D eigenvalue weighted by Gasteiger charge is 2.22. The predicted octanol–water partition coefficient (Wildman–Crippen LogP) is 4.09. The normalized spacial score (nSPS) is 14.4. The average molecular weight is 421 g/mol. The molecule has 0 aliphatic carbocycles. The van der Waals surface area contributed by atoms with Gasteiger partial charge >= 0.3 is 0 Å². The van der Waals surface area contributed by atoms with E-state index >= 15 is 0 Å². The lowest BCUT2D eigenvalue weighted by Crippen LogP contribution is -2.49. The van der Waals surface area contributed by atoms with Crippen molar-refractivity contribution in [3.63, 3.8) is 0 Å². The number of nitrogens with zero attached hydrogens (tertiary/aromatic N) is 4. The molecule has 0 saturated carbocycles. The molecule has 2 aromatic heterocycles. The van der Waals surface area contributed by atoms with Crippen molar-refractivity contribution in [3.05, 3.63) is 77.7 Å². The Balaban J connectivity index is 1.25. The van der Waals surface area contributed by atoms with Crippen LogP contribution in [0.1, 0.15) is 5.69 Å². The van der Waals surface area contributed by atoms with Crippen LogP contribution in [0.3, 0.4) is 0 Å². The van der Waals surface area contributed by atoms with Crippen molar-refractivity contribution in [3.8, 4) is 11.3 Å². The van der Waals surface area contributed by atoms with Gasteiger partial charge in [-0.1, -0.05) is 30.3 Å². The number of hydrogen-bond acceptors (Lipinski definition) is 4. The summed E-state index contributed by atoms with van der Waals surface area (Å²) in [5, 5.41) is 2.02. The molecule has 152 valence electrons. The number of fused-ring (bicyclic) bond motifs is 1. The zero-order valence-corrected chi connectivity index (χ0v) is 17.2. The van der Waals surface area contributed by atoms with E-state index in [0.29, 0.717) is 19.5 Å². The summed E-state index contributed by atoms with van der Waals surface area (Å²) in [4.78, 5) is 22.6. The first-order valence-electron chi connectivity index (χ1n) is 9.96. The summed E-state index contributed by atoms with van der Waals surface area (Å²) >= 11 is 1.56. The molecule has 7 heteroatoms. The van der Waals surface area contributed by atoms with Gasteiger partial charge in [0.25, 0.3) is 0 Å². The molecule has 0 radical (unpaired) electrons. The molecule has 1 saturated heterocycles. The second-order valence-corrected chi connectivity index (χ2v) is 8.23. The molecule has 1 aliphatic rings. The van der Waals surface area contributed by atoms with Gasteiger partial charge in [-0.2, -0.15) is 0 Å². The summed E-state index contributed by atoms with van der Waals surface area (Å²) in [6.45, 7) is 2.84. The van der Waals surface area contributed by atoms with Crippen LogP contribution in [-0.4, -0.2) is 46.4 Å². The number of carbonyl (C=O) groups is 1. The summed E-state index contributed by atoms with van der Waals surface area (Å²) in [5.41, 5.74) is 3.96. The lowest BCUT2D eigenvalue weighted by molar-refractivity contribution is -0.130. The van der Waals surface area contributed by atoms with Gasteiger partial charge in [-0.15, -0.1) is 11.3 Å². The number of amides is 1. The van der Waals surface area contributed by atoms with Crippen molar-refractivity contribution >= 4 is 27.9 Å². The van der Waals surface area contributed by atoms with Crippen molar-refractivity contribution in [1.29, 1.82) is 0 Å². The molecule has 1 aliphatic heterocycles. The number of imidazole rings is 1. The highest BCUT2D eigenvalue weighted by molar-refractivity contribution is 7.15. The monoisotopic (exact) mass is 420 g/mol. The highest BCUT2D eigenvalue weighted by Crippen LogP contribution is 2.24. The van der Waals surface area contributed by atoms with Gasteiger partial charge in [0.2, 0.25) is 5.91 Å². The molecule has 3 heterocycles. The van der Waals surface area contributed by atoms with E-state index in [1.54, 1.807) is 23.5 Å². The SMILES string of the molecule is O=C(Cc1csc2nc(-c3ccccc3)cn12)N1CCN(c2ccc(F)cc2)CC1. The summed E-state index contributed by atoms with van der Waals surface area (Å²) in [7, 11) is 0. The molecule has 0 bridgehead atoms. The second kappa shape index (κ2) is 7.91. The number of rotatable bonds is 4. The van der Waals surface area contributed by atoms with Crippen LogP contribution in [0, 0.1) is 5.82 Å². The van der Waals surface area contributed by atoms with Crippen LogP contribution in [0.4, 0.5) is 10.1 Å². The zero-order chi connectivity index (χ0) is 20.5. The number of benzene rings is 2. The largest absolute Gasteiger partial charge is 0.368 e. The van der Waals surface area contributed by atoms with E-state index in [1.165, 1.54) is 12.1 Å². The van der Waals surface area contributed by atoms with Gasteiger partial charge in [0.15, 0.2) is 4.96 Å². The zero-order valence-electron chi connectivity index (χ0n) is 16.4. The van der Waals surface area contributed by atoms with E-state index in [0.717, 1.165) is 40.7 Å². The van der Waals surface area contributed by atoms with Gasteiger partial charge in [0.1, 0.15) is 5.82 Å². The third-order valence-corrected chi connectivity index (χ3v) is 6.40. The fourth-order valence-electron chi connectivity index (χ4n) is 3.84. The fourth-order valence-corrected chi connectivity index (χ4v) is 4.71. The van der Waals surface area contributed by atoms with Crippen LogP contribution in [0.15, 0.2) is 66.2 Å². The van der Waals surface area contributed by atoms with Crippen molar-refractivity contribution in [2.45, 2.75) is 6.42 Å². The number of piperazine rings is 1. The maximum Gasteiger partial charge on any atom is 0.228 e. The molecule has 0 atom stereocenters. The predicted molar refractivity (Wildman–Crippen MR) is 117 cm³/mol. The first kappa shape index (κ1) is 18.8. The molecule has 0 N–H and O–H groups in total. The van der Waals surface area contributed by atoms with Gasteiger partial charge in [0.05, 0.1) is 12.1 Å². The molecule has 1 amide bonds. The first-order chi connectivity index (χ1) is 14.7. The number of aromatic nitrogens is 2. The molecular weight excluding hydrogens is 399 g/mol. The molecule has 5 rings (SSSR count). The minimum atomic E-state index is -0.232. The van der Waals surface area contributed by atoms with Gasteiger partial charge in [-0.05, 0) is 24.3 Å². The number of hydrogen-bond donors (Lipinski definition) is 0. The molecular formula is C23H21FN4OS. The van der Waals surface area contributed by atoms with E-state index in [1.807, 2.05) is 51.2 Å². The van der Waals surface area contributed by atoms with Crippen LogP contribution in [0.2, 0.25) is 0 Å². The number of thiazole rings is 1. The van der Waals surface area contributed by atoms with Gasteiger partial charge < -0.3 is 9.80 Å². The Hall–Kier alpha value is -3.19. The summed E-state index contributed by atoms with van der Waals surface area (Å²) < 4.78 is 15.2. The molecule has 0 unspecified atom stereocenters. The van der Waals surface area contributed by atoms with Crippen molar-refractivity contribution < 1.29 is 9.18 Å². The molecule has 1 fully saturated rings. The first-order valence-corrected chi connectivity index (χ1v) is 10.8. The Morgan fingerprint density at radius 1 is 1.00 bits per heavy atom. The van der Waals surface area contributed by atoms with Crippen molar-refractivity contribution in [2.24, 2.45) is 0 Å². The van der Waals surface area contributed by atoms with Gasteiger partial charge in [0, 0.05) is 54.7 Å². The van der Waals surface area contributed by atoms with Crippen molar-refractivity contribution in [1.82, 2.24) is 14.3 Å². The Kier molecular flexibility index (Phi) is 4.96. The van der Waals surface area contributed by atoms with Crippen LogP contribution in [0.25, 0.3) is 16.2 Å². The molecule has 30 heavy (non-hydrogen) atoms. The minimum Gasteiger partial charge on any atom is -0.368 e. The van der Waals surface area contributed by atoms with Crippen LogP contribution >= 0.6 is 11.3 Å². The van der Waals surface area contributed by atoms with Crippen LogP contribution < -0.4 is 4.90 Å². The Labute approximate surface area is 178 Å². The molecule has 2 aromatic carbocycles. The summed E-state index contributed by atoms with van der Waals surface area (Å²) in [5.74, 6) is -0.104. The third-order valence-electron chi connectivity index (χ3n) is 5.51. The van der Waals surface area contributed by atoms with E-state index in [4.69, 9.17) is 4.98 Å². The molecule has 5 nitrogen and oxygen atoms in total. The number of carbonyl (C=O) groups excluding carboxylic acids is 1. The average Bonchev–Trinajstić information content (AvgIpc) is 3.37. The fraction of sp³-hybridized carbons (Fsp3) is 0.217. The van der Waals surface area contributed by atoms with Crippen LogP contribution in [0.5, 0.6) is 0 Å². The Morgan fingerprint density at radius 3 is 2.47 bits per heavy atom. The lowest BCUT2D eigenvalue weighted by atomic mass is 10.2. The standard InChI is InChI=1S/C23H21FN4OS/c24-18-6-8-19(9-7-18)26-10-12-27(13-11-26)22(29)14-20-16-30-23-25-21(15-28(20)23)17-4-2-1-3-5-17/h1-9,15-16H,10-14H2. The topological polar surface area (TPSA) is 40.9 Å². The van der Waals surface area contributed by atoms with E-state index < -0.39 is 0 Å². The number of anilines is 1. The second-order valence-electron chi connectivity index (χ2n) is 7.39. The van der Waals surface area contributed by atoms with E-state index in [-0.39, 0.29) is 11.7 Å².